The molecule has 0 aliphatic heterocycles. The van der Waals surface area contributed by atoms with E-state index in [9.17, 15) is 0 Å². The third-order valence-corrected chi connectivity index (χ3v) is 4.18. The number of anilines is 1. The van der Waals surface area contributed by atoms with Crippen molar-refractivity contribution >= 4 is 16.7 Å². The van der Waals surface area contributed by atoms with Gasteiger partial charge in [-0.15, -0.1) is 0 Å². The van der Waals surface area contributed by atoms with Gasteiger partial charge in [-0.05, 0) is 31.0 Å². The minimum Gasteiger partial charge on any atom is -0.463 e. The van der Waals surface area contributed by atoms with Crippen LogP contribution < -0.4 is 5.32 Å². The fourth-order valence-electron chi connectivity index (χ4n) is 3.11. The predicted molar refractivity (Wildman–Crippen MR) is 82.1 cm³/mol. The van der Waals surface area contributed by atoms with Crippen LogP contribution >= 0.6 is 0 Å². The van der Waals surface area contributed by atoms with E-state index in [1.807, 2.05) is 24.4 Å². The molecule has 3 heterocycles. The molecule has 5 nitrogen and oxygen atoms in total. The van der Waals surface area contributed by atoms with Gasteiger partial charge in [0.25, 0.3) is 0 Å². The molecule has 21 heavy (non-hydrogen) atoms. The molecule has 0 aromatic carbocycles. The summed E-state index contributed by atoms with van der Waals surface area (Å²) in [6.45, 7) is 0. The van der Waals surface area contributed by atoms with Crippen molar-refractivity contribution in [2.24, 2.45) is 0 Å². The highest BCUT2D eigenvalue weighted by atomic mass is 16.3. The molecule has 1 fully saturated rings. The second-order valence-corrected chi connectivity index (χ2v) is 5.61. The lowest BCUT2D eigenvalue weighted by Crippen LogP contribution is -2.22. The maximum absolute atomic E-state index is 5.49. The number of aromatic nitrogens is 3. The number of fused-ring (bicyclic) bond motifs is 1. The van der Waals surface area contributed by atoms with Crippen LogP contribution in [0.25, 0.3) is 22.4 Å². The van der Waals surface area contributed by atoms with Crippen molar-refractivity contribution in [2.45, 2.75) is 38.1 Å². The van der Waals surface area contributed by atoms with Gasteiger partial charge >= 0.3 is 0 Å². The summed E-state index contributed by atoms with van der Waals surface area (Å²) in [6.07, 6.45) is 9.85. The lowest BCUT2D eigenvalue weighted by Gasteiger charge is -2.23. The molecule has 0 spiro atoms. The van der Waals surface area contributed by atoms with Crippen molar-refractivity contribution in [1.82, 2.24) is 15.2 Å². The number of rotatable bonds is 3. The molecule has 0 unspecified atom stereocenters. The van der Waals surface area contributed by atoms with Crippen LogP contribution in [0.2, 0.25) is 0 Å². The summed E-state index contributed by atoms with van der Waals surface area (Å²) in [5, 5.41) is 12.1. The fourth-order valence-corrected chi connectivity index (χ4v) is 3.11. The molecule has 0 saturated heterocycles. The van der Waals surface area contributed by atoms with Crippen molar-refractivity contribution in [3.05, 3.63) is 30.7 Å². The van der Waals surface area contributed by atoms with E-state index in [1.165, 1.54) is 32.1 Å². The lowest BCUT2D eigenvalue weighted by molar-refractivity contribution is 0.462. The molecule has 0 bridgehead atoms. The van der Waals surface area contributed by atoms with E-state index in [-0.39, 0.29) is 0 Å². The van der Waals surface area contributed by atoms with Crippen molar-refractivity contribution in [3.63, 3.8) is 0 Å². The van der Waals surface area contributed by atoms with E-state index in [0.717, 1.165) is 28.2 Å². The van der Waals surface area contributed by atoms with Crippen LogP contribution in [0.1, 0.15) is 32.1 Å². The summed E-state index contributed by atoms with van der Waals surface area (Å²) in [5.74, 6) is 1.67. The molecular formula is C16H18N4O. The number of nitrogens with zero attached hydrogens (tertiary/aromatic N) is 2. The first-order chi connectivity index (χ1) is 10.4. The van der Waals surface area contributed by atoms with Gasteiger partial charge in [-0.25, -0.2) is 4.98 Å². The van der Waals surface area contributed by atoms with Gasteiger partial charge in [0.2, 0.25) is 0 Å². The van der Waals surface area contributed by atoms with Gasteiger partial charge < -0.3 is 9.73 Å². The number of nitrogens with one attached hydrogen (secondary N) is 2. The number of furan rings is 1. The molecule has 0 amide bonds. The van der Waals surface area contributed by atoms with Crippen LogP contribution in [0.5, 0.6) is 0 Å². The molecular weight excluding hydrogens is 264 g/mol. The average molecular weight is 282 g/mol. The van der Waals surface area contributed by atoms with Gasteiger partial charge in [-0.2, -0.15) is 5.10 Å². The van der Waals surface area contributed by atoms with Gasteiger partial charge in [0, 0.05) is 12.2 Å². The molecule has 3 aromatic rings. The highest BCUT2D eigenvalue weighted by Gasteiger charge is 2.19. The van der Waals surface area contributed by atoms with E-state index in [4.69, 9.17) is 4.42 Å². The van der Waals surface area contributed by atoms with E-state index in [0.29, 0.717) is 6.04 Å². The van der Waals surface area contributed by atoms with Gasteiger partial charge in [0.05, 0.1) is 17.2 Å². The molecule has 108 valence electrons. The zero-order valence-corrected chi connectivity index (χ0v) is 11.8. The van der Waals surface area contributed by atoms with Gasteiger partial charge in [0.1, 0.15) is 11.5 Å². The van der Waals surface area contributed by atoms with Gasteiger partial charge in [-0.3, -0.25) is 5.10 Å². The Morgan fingerprint density at radius 2 is 2.10 bits per heavy atom. The Bertz CT molecular complexity index is 726. The van der Waals surface area contributed by atoms with Crippen LogP contribution in [-0.4, -0.2) is 21.2 Å². The molecule has 1 aliphatic rings. The fraction of sp³-hybridized carbons (Fsp3) is 0.375. The second-order valence-electron chi connectivity index (χ2n) is 5.61. The third kappa shape index (κ3) is 2.28. The Morgan fingerprint density at radius 1 is 1.19 bits per heavy atom. The summed E-state index contributed by atoms with van der Waals surface area (Å²) in [6, 6.07) is 6.25. The first kappa shape index (κ1) is 12.4. The second kappa shape index (κ2) is 5.24. The smallest absolute Gasteiger partial charge is 0.154 e. The summed E-state index contributed by atoms with van der Waals surface area (Å²) >= 11 is 0. The summed E-state index contributed by atoms with van der Waals surface area (Å²) in [5.41, 5.74) is 1.80. The van der Waals surface area contributed by atoms with Crippen LogP contribution in [0.15, 0.2) is 35.1 Å². The molecule has 0 radical (unpaired) electrons. The third-order valence-electron chi connectivity index (χ3n) is 4.18. The van der Waals surface area contributed by atoms with Gasteiger partial charge in [-0.1, -0.05) is 19.3 Å². The Hall–Kier alpha value is -2.30. The molecule has 0 atom stereocenters. The van der Waals surface area contributed by atoms with Crippen LogP contribution in [0.4, 0.5) is 5.82 Å². The summed E-state index contributed by atoms with van der Waals surface area (Å²) < 4.78 is 5.49. The Balaban J connectivity index is 1.75. The van der Waals surface area contributed by atoms with Crippen LogP contribution in [0.3, 0.4) is 0 Å². The zero-order chi connectivity index (χ0) is 14.1. The van der Waals surface area contributed by atoms with E-state index < -0.39 is 0 Å². The normalized spacial score (nSPS) is 16.4. The van der Waals surface area contributed by atoms with Crippen molar-refractivity contribution in [1.29, 1.82) is 0 Å². The largest absolute Gasteiger partial charge is 0.463 e. The first-order valence-corrected chi connectivity index (χ1v) is 7.55. The zero-order valence-electron chi connectivity index (χ0n) is 11.8. The number of pyridine rings is 1. The molecule has 4 rings (SSSR count). The Labute approximate surface area is 122 Å². The predicted octanol–water partition coefficient (Wildman–Crippen LogP) is 3.96. The number of hydrogen-bond acceptors (Lipinski definition) is 4. The molecule has 1 aliphatic carbocycles. The quantitative estimate of drug-likeness (QED) is 0.763. The highest BCUT2D eigenvalue weighted by Crippen LogP contribution is 2.32. The van der Waals surface area contributed by atoms with Crippen LogP contribution in [-0.2, 0) is 0 Å². The standard InChI is InChI=1S/C16H18N4O/c1-2-5-11(6-3-1)18-16-14-12(8-9-17-16)19-20-15(14)13-7-4-10-21-13/h4,7-11H,1-3,5-6H2,(H,17,18)(H,19,20). The summed E-state index contributed by atoms with van der Waals surface area (Å²) in [4.78, 5) is 4.53. The van der Waals surface area contributed by atoms with Crippen molar-refractivity contribution in [3.8, 4) is 11.5 Å². The molecule has 5 heteroatoms. The first-order valence-electron chi connectivity index (χ1n) is 7.55. The minimum atomic E-state index is 0.510. The molecule has 2 N–H and O–H groups in total. The number of aromatic amines is 1. The molecule has 1 saturated carbocycles. The average Bonchev–Trinajstić information content (AvgIpc) is 3.17. The minimum absolute atomic E-state index is 0.510. The van der Waals surface area contributed by atoms with E-state index in [2.05, 4.69) is 20.5 Å². The number of hydrogen-bond donors (Lipinski definition) is 2. The Kier molecular flexibility index (Phi) is 3.10. The van der Waals surface area contributed by atoms with Crippen LogP contribution in [0, 0.1) is 0 Å². The SMILES string of the molecule is c1coc(-c2n[nH]c3ccnc(NC4CCCCC4)c23)c1. The monoisotopic (exact) mass is 282 g/mol. The van der Waals surface area contributed by atoms with E-state index in [1.54, 1.807) is 6.26 Å². The topological polar surface area (TPSA) is 66.7 Å². The van der Waals surface area contributed by atoms with Gasteiger partial charge in [0.15, 0.2) is 5.76 Å². The van der Waals surface area contributed by atoms with Crippen molar-refractivity contribution in [2.75, 3.05) is 5.32 Å². The summed E-state index contributed by atoms with van der Waals surface area (Å²) in [7, 11) is 0. The molecule has 3 aromatic heterocycles. The maximum Gasteiger partial charge on any atom is 0.154 e. The maximum atomic E-state index is 5.49. The number of H-pyrrole nitrogens is 1. The van der Waals surface area contributed by atoms with Crippen molar-refractivity contribution < 1.29 is 4.42 Å². The highest BCUT2D eigenvalue weighted by molar-refractivity contribution is 5.99. The lowest BCUT2D eigenvalue weighted by atomic mass is 9.95. The Morgan fingerprint density at radius 3 is 2.90 bits per heavy atom. The van der Waals surface area contributed by atoms with E-state index >= 15 is 0 Å².